The van der Waals surface area contributed by atoms with Crippen LogP contribution in [0.5, 0.6) is 0 Å². The highest BCUT2D eigenvalue weighted by molar-refractivity contribution is 7.92. The zero-order valence-electron chi connectivity index (χ0n) is 5.94. The molecule has 0 bridgehead atoms. The summed E-state index contributed by atoms with van der Waals surface area (Å²) in [6, 6.07) is 1.70. The number of fused-ring (bicyclic) bond motifs is 1. The maximum atomic E-state index is 12.1. The lowest BCUT2D eigenvalue weighted by Crippen LogP contribution is -1.89. The van der Waals surface area contributed by atoms with E-state index in [1.165, 1.54) is 12.4 Å². The first-order chi connectivity index (χ1) is 5.81. The summed E-state index contributed by atoms with van der Waals surface area (Å²) in [6.45, 7) is 0. The fraction of sp³-hybridized carbons (Fsp3) is 0. The van der Waals surface area contributed by atoms with Crippen molar-refractivity contribution in [3.05, 3.63) is 18.5 Å². The predicted molar refractivity (Wildman–Crippen MR) is 46.0 cm³/mol. The van der Waals surface area contributed by atoms with Crippen LogP contribution in [0.25, 0.3) is 11.0 Å². The van der Waals surface area contributed by atoms with Gasteiger partial charge >= 0.3 is 0 Å². The quantitative estimate of drug-likeness (QED) is 0.727. The molecule has 62 valence electrons. The molecule has 2 heterocycles. The Morgan fingerprint density at radius 3 is 3.08 bits per heavy atom. The molecule has 4 nitrogen and oxygen atoms in total. The van der Waals surface area contributed by atoms with Gasteiger partial charge in [0.1, 0.15) is 0 Å². The van der Waals surface area contributed by atoms with Crippen LogP contribution in [0.4, 0.5) is 9.57 Å². The predicted octanol–water partition coefficient (Wildman–Crippen LogP) is 1.39. The van der Waals surface area contributed by atoms with Crippen molar-refractivity contribution in [1.82, 2.24) is 14.2 Å². The molecule has 0 saturated heterocycles. The maximum absolute atomic E-state index is 12.1. The summed E-state index contributed by atoms with van der Waals surface area (Å²) in [5, 5.41) is 4.48. The summed E-state index contributed by atoms with van der Waals surface area (Å²) < 4.78 is 13.2. The number of halogens is 1. The number of pyridine rings is 1. The van der Waals surface area contributed by atoms with E-state index in [-0.39, 0.29) is 12.3 Å². The van der Waals surface area contributed by atoms with Crippen LogP contribution in [0.1, 0.15) is 0 Å². The van der Waals surface area contributed by atoms with Crippen molar-refractivity contribution in [1.29, 1.82) is 0 Å². The van der Waals surface area contributed by atoms with Crippen molar-refractivity contribution in [3.63, 3.8) is 0 Å². The molecule has 6 heteroatoms. The Hall–Kier alpha value is -1.30. The smallest absolute Gasteiger partial charge is 0.189 e. The van der Waals surface area contributed by atoms with Crippen LogP contribution in [0.3, 0.4) is 0 Å². The van der Waals surface area contributed by atoms with Crippen LogP contribution >= 0.6 is 12.3 Å². The number of hydrogen-bond donors (Lipinski definition) is 1. The van der Waals surface area contributed by atoms with Gasteiger partial charge in [-0.25, -0.2) is 4.98 Å². The second-order valence-electron chi connectivity index (χ2n) is 2.27. The van der Waals surface area contributed by atoms with E-state index in [1.807, 2.05) is 0 Å². The zero-order chi connectivity index (χ0) is 8.55. The van der Waals surface area contributed by atoms with Crippen molar-refractivity contribution in [2.45, 2.75) is 0 Å². The van der Waals surface area contributed by atoms with Gasteiger partial charge in [-0.1, -0.05) is 0 Å². The lowest BCUT2D eigenvalue weighted by Gasteiger charge is -1.93. The van der Waals surface area contributed by atoms with Crippen molar-refractivity contribution in [3.8, 4) is 0 Å². The first-order valence-corrected chi connectivity index (χ1v) is 3.87. The molecule has 2 rings (SSSR count). The molecule has 0 fully saturated rings. The van der Waals surface area contributed by atoms with E-state index in [4.69, 9.17) is 5.73 Å². The van der Waals surface area contributed by atoms with Crippen LogP contribution in [-0.2, 0) is 0 Å². The van der Waals surface area contributed by atoms with Crippen molar-refractivity contribution >= 4 is 29.1 Å². The number of nitrogens with two attached hydrogens (primary N) is 1. The Kier molecular flexibility index (Phi) is 1.61. The van der Waals surface area contributed by atoms with E-state index in [9.17, 15) is 3.89 Å². The molecule has 0 aliphatic heterocycles. The van der Waals surface area contributed by atoms with Crippen LogP contribution in [0.15, 0.2) is 18.5 Å². The summed E-state index contributed by atoms with van der Waals surface area (Å²) in [6.07, 6.45) is 2.99. The zero-order valence-corrected chi connectivity index (χ0v) is 6.75. The summed E-state index contributed by atoms with van der Waals surface area (Å²) in [5.74, 6) is 0. The second-order valence-corrected chi connectivity index (χ2v) is 2.75. The Bertz CT molecular complexity index is 413. The first kappa shape index (κ1) is 7.35. The number of anilines is 1. The van der Waals surface area contributed by atoms with Gasteiger partial charge in [-0.3, -0.25) is 0 Å². The minimum absolute atomic E-state index is 0.0131. The largest absolute Gasteiger partial charge is 0.397 e. The minimum atomic E-state index is 0.0131. The standard InChI is InChI=1S/C6H5FN4S/c7-12-11-6-4(2-10-11)1-5(8)3-9-6/h1-3H,8H2. The topological polar surface area (TPSA) is 56.7 Å². The van der Waals surface area contributed by atoms with Gasteiger partial charge in [0.2, 0.25) is 0 Å². The summed E-state index contributed by atoms with van der Waals surface area (Å²) in [5.41, 5.74) is 6.50. The van der Waals surface area contributed by atoms with Gasteiger partial charge < -0.3 is 5.73 Å². The minimum Gasteiger partial charge on any atom is -0.397 e. The summed E-state index contributed by atoms with van der Waals surface area (Å²) in [4.78, 5) is 3.93. The summed E-state index contributed by atoms with van der Waals surface area (Å²) >= 11 is 0.0131. The molecule has 0 aliphatic carbocycles. The SMILES string of the molecule is Nc1cnc2c(cnn2SF)c1. The molecule has 0 amide bonds. The van der Waals surface area contributed by atoms with Gasteiger partial charge in [0.25, 0.3) is 0 Å². The fourth-order valence-corrected chi connectivity index (χ4v) is 1.27. The van der Waals surface area contributed by atoms with Crippen LogP contribution < -0.4 is 5.73 Å². The number of hydrogen-bond acceptors (Lipinski definition) is 4. The van der Waals surface area contributed by atoms with Crippen molar-refractivity contribution in [2.75, 3.05) is 5.73 Å². The maximum Gasteiger partial charge on any atom is 0.189 e. The molecule has 2 N–H and O–H groups in total. The van der Waals surface area contributed by atoms with E-state index in [2.05, 4.69) is 10.1 Å². The van der Waals surface area contributed by atoms with Gasteiger partial charge in [-0.05, 0) is 6.07 Å². The van der Waals surface area contributed by atoms with E-state index < -0.39 is 0 Å². The average molecular weight is 184 g/mol. The molecule has 0 aliphatic rings. The number of nitrogens with zero attached hydrogens (tertiary/aromatic N) is 3. The lowest BCUT2D eigenvalue weighted by molar-refractivity contribution is 0.884. The Balaban J connectivity index is 2.73. The van der Waals surface area contributed by atoms with Gasteiger partial charge in [-0.2, -0.15) is 9.19 Å². The summed E-state index contributed by atoms with van der Waals surface area (Å²) in [7, 11) is 0. The lowest BCUT2D eigenvalue weighted by atomic mass is 10.3. The highest BCUT2D eigenvalue weighted by atomic mass is 32.2. The molecule has 2 aromatic rings. The molecule has 0 saturated carbocycles. The van der Waals surface area contributed by atoms with Gasteiger partial charge in [-0.15, -0.1) is 3.89 Å². The van der Waals surface area contributed by atoms with Crippen LogP contribution in [0.2, 0.25) is 0 Å². The molecule has 0 radical (unpaired) electrons. The van der Waals surface area contributed by atoms with Crippen molar-refractivity contribution in [2.24, 2.45) is 0 Å². The molecule has 12 heavy (non-hydrogen) atoms. The number of rotatable bonds is 1. The molecular weight excluding hydrogens is 179 g/mol. The van der Waals surface area contributed by atoms with E-state index in [0.29, 0.717) is 11.3 Å². The fourth-order valence-electron chi connectivity index (χ4n) is 0.966. The molecular formula is C6H5FN4S. The highest BCUT2D eigenvalue weighted by Crippen LogP contribution is 2.18. The van der Waals surface area contributed by atoms with E-state index in [1.54, 1.807) is 6.07 Å². The van der Waals surface area contributed by atoms with Crippen molar-refractivity contribution < 1.29 is 3.89 Å². The van der Waals surface area contributed by atoms with Crippen LogP contribution in [-0.4, -0.2) is 14.2 Å². The third-order valence-corrected chi connectivity index (χ3v) is 1.86. The molecule has 0 unspecified atom stereocenters. The van der Waals surface area contributed by atoms with E-state index >= 15 is 0 Å². The molecule has 0 spiro atoms. The first-order valence-electron chi connectivity index (χ1n) is 3.19. The third kappa shape index (κ3) is 1.00. The average Bonchev–Trinajstić information content (AvgIpc) is 2.46. The van der Waals surface area contributed by atoms with Gasteiger partial charge in [0, 0.05) is 5.39 Å². The number of nitrogen functional groups attached to an aromatic ring is 1. The highest BCUT2D eigenvalue weighted by Gasteiger charge is 2.03. The van der Waals surface area contributed by atoms with Gasteiger partial charge in [0.15, 0.2) is 18.0 Å². The Morgan fingerprint density at radius 1 is 1.50 bits per heavy atom. The normalized spacial score (nSPS) is 10.8. The number of aromatic nitrogens is 3. The van der Waals surface area contributed by atoms with E-state index in [0.717, 1.165) is 9.47 Å². The molecule has 0 aromatic carbocycles. The Morgan fingerprint density at radius 2 is 2.33 bits per heavy atom. The molecule has 0 atom stereocenters. The Labute approximate surface area is 72.0 Å². The van der Waals surface area contributed by atoms with Gasteiger partial charge in [0.05, 0.1) is 18.1 Å². The third-order valence-electron chi connectivity index (χ3n) is 1.46. The molecule has 2 aromatic heterocycles. The second kappa shape index (κ2) is 2.63. The van der Waals surface area contributed by atoms with Crippen LogP contribution in [0, 0.1) is 0 Å². The monoisotopic (exact) mass is 184 g/mol.